The van der Waals surface area contributed by atoms with E-state index in [9.17, 15) is 61.5 Å². The fourth-order valence-corrected chi connectivity index (χ4v) is 24.9. The Hall–Kier alpha value is -3.85. The van der Waals surface area contributed by atoms with Gasteiger partial charge in [-0.05, 0) is 243 Å². The van der Waals surface area contributed by atoms with Gasteiger partial charge >= 0.3 is 0 Å². The molecule has 0 unspecified atom stereocenters. The predicted molar refractivity (Wildman–Crippen MR) is 485 cm³/mol. The molecule has 8 fully saturated rings. The number of ketones is 4. The lowest BCUT2D eigenvalue weighted by Crippen LogP contribution is -2.63. The van der Waals surface area contributed by atoms with Gasteiger partial charge < -0.3 is 72.9 Å². The van der Waals surface area contributed by atoms with Crippen LogP contribution in [0.2, 0.25) is 0 Å². The highest BCUT2D eigenvalue weighted by Gasteiger charge is 2.67. The molecule has 0 aromatic heterocycles. The van der Waals surface area contributed by atoms with Gasteiger partial charge in [-0.25, -0.2) is 8.42 Å². The van der Waals surface area contributed by atoms with E-state index >= 15 is 0 Å². The molecule has 0 amide bonds. The van der Waals surface area contributed by atoms with Crippen LogP contribution in [0.4, 0.5) is 0 Å². The maximum atomic E-state index is 14.7. The lowest BCUT2D eigenvalue weighted by molar-refractivity contribution is -0.409. The van der Waals surface area contributed by atoms with Gasteiger partial charge in [0.15, 0.2) is 11.6 Å². The number of rotatable bonds is 28. The number of aliphatic hydroxyl groups excluding tert-OH is 3. The van der Waals surface area contributed by atoms with Crippen molar-refractivity contribution in [2.45, 2.75) is 435 Å². The number of Topliss-reactive ketones (excluding diaryl/α,β-unsaturated/α-hetero) is 4. The van der Waals surface area contributed by atoms with Crippen molar-refractivity contribution in [1.82, 2.24) is 0 Å². The van der Waals surface area contributed by atoms with Crippen LogP contribution in [0.3, 0.4) is 0 Å². The van der Waals surface area contributed by atoms with Crippen LogP contribution in [0.1, 0.15) is 292 Å². The third-order valence-electron chi connectivity index (χ3n) is 32.1. The molecule has 12 rings (SSSR count). The second-order valence-electron chi connectivity index (χ2n) is 41.0. The maximum absolute atomic E-state index is 14.7. The Balaban J connectivity index is 0.000000238. The molecule has 8 saturated heterocycles. The summed E-state index contributed by atoms with van der Waals surface area (Å²) in [4.78, 5) is 54.2. The number of carbonyl (C=O) groups excluding carboxylic acids is 4. The topological polar surface area (TPSA) is 339 Å². The highest BCUT2D eigenvalue weighted by molar-refractivity contribution is 8.13. The average molecular weight is 1840 g/mol. The number of aryl methyl sites for hydroxylation is 2. The predicted octanol–water partition coefficient (Wildman–Crippen LogP) is 17.0. The number of aliphatic hydroxyl groups is 5. The molecule has 5 N–H and O–H groups in total. The molecule has 720 valence electrons. The smallest absolute Gasteiger partial charge is 0.297 e. The molecular weight excluding hydrogens is 1680 g/mol. The molecule has 10 aliphatic rings. The quantitative estimate of drug-likeness (QED) is 0.0300. The third-order valence-corrected chi connectivity index (χ3v) is 34.8. The SMILES string of the molecule is CC[C@@H](C(=O)[C@@H](C)[C@@H](O)[C@H](C)[C@@H]1O[C@@H]([C@@H](CC)C(C)=O)CC[C@@H]1C)[C@H]1O[C@]2(C=C[C@@H](O)[C@]3(CC[C@@](C)([C@H]4CC[C@](O)(CC)[C@H](C)O4)O3)O2)[C@H](C)C[C@@H]1C.CC[C@@H](C(=O)[C@@H](C)[C@@H](O)[C@H](C)[C@@H]1O[C@@H]([C@@H](CC)C(C)=O)CC[C@@H]1C)[C@H]1O[C@]2(C=C[C@@H](OS(=O)(=O)c3ccc(C)cc3)[C@]3(CC[C@@](C)([C@H]4CC[C@](O)(CC)[C@H](C)O4)O3)O2)[C@H](C)C[C@@H]1C.Cc1ccc(S(=O)(=O)Cl)cc1. The van der Waals surface area contributed by atoms with Crippen LogP contribution < -0.4 is 0 Å². The van der Waals surface area contributed by atoms with Crippen molar-refractivity contribution < 1.29 is 113 Å². The minimum atomic E-state index is -4.29. The first-order valence-corrected chi connectivity index (χ1v) is 51.8. The van der Waals surface area contributed by atoms with Crippen molar-refractivity contribution in [3.05, 3.63) is 84.0 Å². The monoisotopic (exact) mass is 1840 g/mol. The molecule has 27 heteroatoms. The van der Waals surface area contributed by atoms with Gasteiger partial charge in [0.05, 0.1) is 105 Å². The summed E-state index contributed by atoms with van der Waals surface area (Å²) in [5, 5.41) is 57.4. The average Bonchev–Trinajstić information content (AvgIpc) is 1.64. The second-order valence-corrected chi connectivity index (χ2v) is 45.1. The summed E-state index contributed by atoms with van der Waals surface area (Å²) in [5.41, 5.74) is -1.58. The molecule has 0 saturated carbocycles. The molecule has 4 spiro atoms. The van der Waals surface area contributed by atoms with Gasteiger partial charge in [0.2, 0.25) is 11.6 Å². The maximum Gasteiger partial charge on any atom is 0.297 e. The molecule has 36 atom stereocenters. The summed E-state index contributed by atoms with van der Waals surface area (Å²) in [7, 11) is -2.76. The second kappa shape index (κ2) is 41.8. The molecular formula is C100H157ClO24S2. The largest absolute Gasteiger partial charge is 0.392 e. The Bertz CT molecular complexity index is 4340. The Morgan fingerprint density at radius 1 is 0.480 bits per heavy atom. The van der Waals surface area contributed by atoms with E-state index in [1.54, 1.807) is 63.3 Å². The van der Waals surface area contributed by atoms with Crippen molar-refractivity contribution in [1.29, 1.82) is 0 Å². The third kappa shape index (κ3) is 22.3. The number of halogens is 1. The highest BCUT2D eigenvalue weighted by atomic mass is 35.7. The van der Waals surface area contributed by atoms with Gasteiger partial charge in [-0.15, -0.1) is 0 Å². The van der Waals surface area contributed by atoms with E-state index in [2.05, 4.69) is 34.6 Å². The van der Waals surface area contributed by atoms with E-state index in [0.717, 1.165) is 43.2 Å². The molecule has 0 bridgehead atoms. The minimum Gasteiger partial charge on any atom is -0.392 e. The Kier molecular flexibility index (Phi) is 34.6. The van der Waals surface area contributed by atoms with E-state index in [1.807, 2.05) is 117 Å². The fraction of sp³-hybridized carbons (Fsp3) is 0.800. The van der Waals surface area contributed by atoms with Crippen LogP contribution in [-0.2, 0) is 89.9 Å². The molecule has 2 aromatic carbocycles. The first-order valence-electron chi connectivity index (χ1n) is 48.0. The summed E-state index contributed by atoms with van der Waals surface area (Å²) < 4.78 is 124. The number of hydrogen-bond acceptors (Lipinski definition) is 24. The van der Waals surface area contributed by atoms with E-state index in [0.29, 0.717) is 89.9 Å². The lowest BCUT2D eigenvalue weighted by Gasteiger charge is -2.54. The van der Waals surface area contributed by atoms with Crippen LogP contribution in [-0.4, -0.2) is 197 Å². The van der Waals surface area contributed by atoms with Crippen molar-refractivity contribution >= 4 is 53.0 Å². The zero-order valence-electron chi connectivity index (χ0n) is 80.4. The molecule has 0 radical (unpaired) electrons. The van der Waals surface area contributed by atoms with Crippen molar-refractivity contribution in [2.24, 2.45) is 82.9 Å². The Morgan fingerprint density at radius 2 is 0.850 bits per heavy atom. The van der Waals surface area contributed by atoms with Crippen LogP contribution in [0, 0.1) is 96.7 Å². The fourth-order valence-electron chi connectivity index (χ4n) is 23.1. The van der Waals surface area contributed by atoms with E-state index in [-0.39, 0.29) is 135 Å². The van der Waals surface area contributed by atoms with E-state index in [4.69, 9.17) is 62.2 Å². The molecule has 2 aromatic rings. The number of benzene rings is 2. The van der Waals surface area contributed by atoms with Crippen molar-refractivity contribution in [2.75, 3.05) is 0 Å². The molecule has 24 nitrogen and oxygen atoms in total. The zero-order valence-corrected chi connectivity index (χ0v) is 82.8. The number of carbonyl (C=O) groups is 4. The van der Waals surface area contributed by atoms with E-state index < -0.39 is 137 Å². The van der Waals surface area contributed by atoms with Gasteiger partial charge in [-0.1, -0.05) is 146 Å². The molecule has 10 aliphatic heterocycles. The van der Waals surface area contributed by atoms with E-state index in [1.165, 1.54) is 24.3 Å². The van der Waals surface area contributed by atoms with Crippen LogP contribution >= 0.6 is 10.7 Å². The Labute approximate surface area is 763 Å². The van der Waals surface area contributed by atoms with Gasteiger partial charge in [-0.2, -0.15) is 8.42 Å². The molecule has 0 aliphatic carbocycles. The highest BCUT2D eigenvalue weighted by Crippen LogP contribution is 2.58. The van der Waals surface area contributed by atoms with Gasteiger partial charge in [0, 0.05) is 82.7 Å². The van der Waals surface area contributed by atoms with Gasteiger partial charge in [0.1, 0.15) is 35.3 Å². The normalized spacial score (nSPS) is 40.6. The summed E-state index contributed by atoms with van der Waals surface area (Å²) >= 11 is 0. The van der Waals surface area contributed by atoms with Crippen LogP contribution in [0.25, 0.3) is 0 Å². The zero-order chi connectivity index (χ0) is 94.2. The van der Waals surface area contributed by atoms with Crippen molar-refractivity contribution in [3.8, 4) is 0 Å². The minimum absolute atomic E-state index is 0.0117. The number of ether oxygens (including phenoxy) is 10. The molecule has 127 heavy (non-hydrogen) atoms. The summed E-state index contributed by atoms with van der Waals surface area (Å²) in [6.07, 6.45) is 11.7. The first kappa shape index (κ1) is 105. The molecule has 10 heterocycles. The first-order chi connectivity index (χ1) is 59.3. The summed E-state index contributed by atoms with van der Waals surface area (Å²) in [6, 6.07) is 12.9. The standard InChI is InChI=1S/C50H78O12S.C43H72O10.C7H7ClO2S/c1-13-38(35(10)51)40-21-18-30(5)45(58-40)34(9)43(52)33(8)44(53)39(14-2)46-31(6)28-32(7)49(59-46)25-23-42(60-63(55,56)37-19-16-29(4)17-20-37)50(62-49)27-26-47(12,61-50)41-22-24-48(54,15-3)36(11)57-41;1-12-31(29(9)44)33-16-15-24(4)38(50-33)28(8)36(46)27(7)37(47)32(13-2)39-25(5)23-26(6)42(51-39)20-17-34(45)43(53-42)22-21-40(11,52-43)35-18-19-41(48,14-3)30(10)49-35;1-6-2-4-7(5-3-6)11(8,9)10/h16-17,19-20,23,25,30-34,36,38-43,45-46,52,54H,13-15,18,21-22,24,26-28H2,1-12H3;17,20,24-28,30-36,38-39,45-46,48H,12-16,18-19,21-23H2,1-11H3;2-5H,1H3/t30-,31-,32+,33-,34-,36-,38-,39-,40+,41+,42+,43+,45+,46-,47-,48+,49-,50-;24-,25-,26+,27-,28-,30-,31-,32-,33+,34+,35+,36+,38+,39-,40-,41+,42-,43-;/m00./s1. The Morgan fingerprint density at radius 3 is 1.22 bits per heavy atom. The number of hydrogen-bond donors (Lipinski definition) is 5. The van der Waals surface area contributed by atoms with Gasteiger partial charge in [-0.3, -0.25) is 23.4 Å². The summed E-state index contributed by atoms with van der Waals surface area (Å²) in [6.45, 7) is 46.7. The van der Waals surface area contributed by atoms with Crippen molar-refractivity contribution in [3.63, 3.8) is 0 Å². The summed E-state index contributed by atoms with van der Waals surface area (Å²) in [5.74, 6) is -9.03. The lowest BCUT2D eigenvalue weighted by atomic mass is 9.72. The van der Waals surface area contributed by atoms with Crippen LogP contribution in [0.5, 0.6) is 0 Å². The van der Waals surface area contributed by atoms with Gasteiger partial charge in [0.25, 0.3) is 19.2 Å². The van der Waals surface area contributed by atoms with Crippen LogP contribution in [0.15, 0.2) is 82.6 Å².